The molecule has 0 saturated carbocycles. The van der Waals surface area contributed by atoms with E-state index in [9.17, 15) is 0 Å². The number of aryl methyl sites for hydroxylation is 3. The maximum absolute atomic E-state index is 4.12. The summed E-state index contributed by atoms with van der Waals surface area (Å²) in [6.07, 6.45) is 13.0. The van der Waals surface area contributed by atoms with Crippen molar-refractivity contribution in [1.82, 2.24) is 9.97 Å². The maximum atomic E-state index is 4.12. The summed E-state index contributed by atoms with van der Waals surface area (Å²) >= 11 is 0. The van der Waals surface area contributed by atoms with E-state index in [0.29, 0.717) is 0 Å². The van der Waals surface area contributed by atoms with Crippen LogP contribution < -0.4 is 0 Å². The van der Waals surface area contributed by atoms with E-state index in [2.05, 4.69) is 60.2 Å². The Hall–Kier alpha value is -3.26. The van der Waals surface area contributed by atoms with Crippen LogP contribution in [0.2, 0.25) is 0 Å². The molecule has 0 radical (unpaired) electrons. The number of benzene rings is 3. The number of allylic oxidation sites excluding steroid dienone is 4. The summed E-state index contributed by atoms with van der Waals surface area (Å²) in [4.78, 5) is 8.24. The Balaban J connectivity index is 0.000000161. The quantitative estimate of drug-likeness (QED) is 0.319. The number of para-hydroxylation sites is 2. The minimum atomic E-state index is 0.949. The third kappa shape index (κ3) is 3.43. The van der Waals surface area contributed by atoms with Crippen molar-refractivity contribution in [2.45, 2.75) is 39.5 Å². The molecule has 0 saturated heterocycles. The first-order valence-electron chi connectivity index (χ1n) is 10.8. The number of hydrogen-bond acceptors (Lipinski definition) is 2. The molecule has 0 aliphatic heterocycles. The van der Waals surface area contributed by atoms with Crippen LogP contribution in [0.1, 0.15) is 41.5 Å². The summed E-state index contributed by atoms with van der Waals surface area (Å²) in [6.45, 7) is 4.43. The van der Waals surface area contributed by atoms with Crippen LogP contribution in [0.25, 0.3) is 27.4 Å². The topological polar surface area (TPSA) is 25.8 Å². The van der Waals surface area contributed by atoms with Crippen LogP contribution in [0.15, 0.2) is 78.6 Å². The zero-order valence-corrected chi connectivity index (χ0v) is 17.7. The van der Waals surface area contributed by atoms with E-state index in [4.69, 9.17) is 0 Å². The van der Waals surface area contributed by atoms with Gasteiger partial charge in [0.15, 0.2) is 0 Å². The van der Waals surface area contributed by atoms with Gasteiger partial charge in [-0.05, 0) is 90.3 Å². The van der Waals surface area contributed by atoms with Crippen LogP contribution in [0, 0.1) is 13.8 Å². The predicted octanol–water partition coefficient (Wildman–Crippen LogP) is 7.14. The Morgan fingerprint density at radius 3 is 2.27 bits per heavy atom. The lowest BCUT2D eigenvalue weighted by atomic mass is 9.79. The molecule has 2 aliphatic carbocycles. The van der Waals surface area contributed by atoms with Crippen molar-refractivity contribution in [3.63, 3.8) is 0 Å². The van der Waals surface area contributed by atoms with E-state index >= 15 is 0 Å². The molecule has 0 N–H and O–H groups in total. The number of aromatic nitrogens is 2. The largest absolute Gasteiger partial charge is 0.253 e. The molecule has 148 valence electrons. The van der Waals surface area contributed by atoms with Gasteiger partial charge in [0.25, 0.3) is 0 Å². The van der Waals surface area contributed by atoms with Crippen LogP contribution in [-0.4, -0.2) is 9.97 Å². The van der Waals surface area contributed by atoms with Crippen LogP contribution >= 0.6 is 0 Å². The van der Waals surface area contributed by atoms with Crippen LogP contribution in [0.4, 0.5) is 0 Å². The number of nitrogens with zero attached hydrogens (tertiary/aromatic N) is 2. The Bertz CT molecular complexity index is 1250. The second-order valence-electron chi connectivity index (χ2n) is 8.25. The summed E-state index contributed by atoms with van der Waals surface area (Å²) in [6, 6.07) is 17.2. The van der Waals surface area contributed by atoms with Crippen LogP contribution in [0.5, 0.6) is 0 Å². The predicted molar refractivity (Wildman–Crippen MR) is 127 cm³/mol. The molecule has 2 nitrogen and oxygen atoms in total. The lowest BCUT2D eigenvalue weighted by Crippen LogP contribution is -2.07. The van der Waals surface area contributed by atoms with Gasteiger partial charge >= 0.3 is 0 Å². The van der Waals surface area contributed by atoms with E-state index in [-0.39, 0.29) is 0 Å². The van der Waals surface area contributed by atoms with Gasteiger partial charge in [0, 0.05) is 12.4 Å². The fourth-order valence-corrected chi connectivity index (χ4v) is 4.62. The molecule has 1 heterocycles. The van der Waals surface area contributed by atoms with E-state index in [1.54, 1.807) is 23.5 Å². The average Bonchev–Trinajstić information content (AvgIpc) is 2.80. The third-order valence-electron chi connectivity index (χ3n) is 6.37. The van der Waals surface area contributed by atoms with Crippen molar-refractivity contribution in [3.05, 3.63) is 101 Å². The van der Waals surface area contributed by atoms with Gasteiger partial charge in [0.05, 0.1) is 11.0 Å². The normalized spacial score (nSPS) is 14.9. The van der Waals surface area contributed by atoms with Crippen molar-refractivity contribution in [2.75, 3.05) is 0 Å². The Labute approximate surface area is 178 Å². The molecule has 0 atom stereocenters. The van der Waals surface area contributed by atoms with Crippen molar-refractivity contribution < 1.29 is 0 Å². The van der Waals surface area contributed by atoms with Gasteiger partial charge in [-0.3, -0.25) is 9.97 Å². The molecule has 6 rings (SSSR count). The Morgan fingerprint density at radius 2 is 1.50 bits per heavy atom. The second-order valence-corrected chi connectivity index (χ2v) is 8.25. The summed E-state index contributed by atoms with van der Waals surface area (Å²) < 4.78 is 0. The average molecular weight is 391 g/mol. The first-order valence-corrected chi connectivity index (χ1v) is 10.8. The van der Waals surface area contributed by atoms with E-state index in [1.807, 2.05) is 24.3 Å². The summed E-state index contributed by atoms with van der Waals surface area (Å²) in [7, 11) is 0. The molecule has 2 aliphatic rings. The standard InChI is InChI=1S/C20H20.C8H6N2/c1-13-11-16-8-10-18-17-6-4-3-5-15(17)7-9-19(18)20(16)12-14(13)2;1-2-4-8-7(3-1)9-5-6-10-8/h4,6,8,10-12H,3,5,7,9H2,1-2H3;1-6H. The van der Waals surface area contributed by atoms with Crippen molar-refractivity contribution in [2.24, 2.45) is 0 Å². The van der Waals surface area contributed by atoms with Crippen LogP contribution in [-0.2, 0) is 6.42 Å². The SMILES string of the molecule is Cc1cc2ccc3c(c2cc1C)CCC1=C3C=CCC1.c1ccc2nccnc2c1. The van der Waals surface area contributed by atoms with E-state index in [0.717, 1.165) is 11.0 Å². The number of fused-ring (bicyclic) bond motifs is 5. The van der Waals surface area contributed by atoms with E-state index < -0.39 is 0 Å². The molecule has 4 aromatic rings. The lowest BCUT2D eigenvalue weighted by molar-refractivity contribution is 0.831. The highest BCUT2D eigenvalue weighted by atomic mass is 14.8. The molecule has 0 amide bonds. The molecule has 1 aromatic heterocycles. The highest BCUT2D eigenvalue weighted by Gasteiger charge is 2.20. The third-order valence-corrected chi connectivity index (χ3v) is 6.37. The summed E-state index contributed by atoms with van der Waals surface area (Å²) in [5, 5.41) is 2.87. The molecular weight excluding hydrogens is 364 g/mol. The fourth-order valence-electron chi connectivity index (χ4n) is 4.62. The van der Waals surface area contributed by atoms with Gasteiger partial charge in [-0.15, -0.1) is 0 Å². The minimum absolute atomic E-state index is 0.949. The highest BCUT2D eigenvalue weighted by molar-refractivity contribution is 5.94. The lowest BCUT2D eigenvalue weighted by Gasteiger charge is -2.25. The molecule has 0 spiro atoms. The second kappa shape index (κ2) is 7.87. The molecule has 0 bridgehead atoms. The summed E-state index contributed by atoms with van der Waals surface area (Å²) in [5.41, 5.74) is 10.9. The molecule has 0 fully saturated rings. The van der Waals surface area contributed by atoms with Gasteiger partial charge in [0.1, 0.15) is 0 Å². The van der Waals surface area contributed by atoms with Gasteiger partial charge in [-0.25, -0.2) is 0 Å². The van der Waals surface area contributed by atoms with Gasteiger partial charge in [0.2, 0.25) is 0 Å². The molecular formula is C28H26N2. The molecule has 30 heavy (non-hydrogen) atoms. The molecule has 3 aromatic carbocycles. The maximum Gasteiger partial charge on any atom is 0.0886 e. The van der Waals surface area contributed by atoms with Crippen LogP contribution in [0.3, 0.4) is 0 Å². The highest BCUT2D eigenvalue weighted by Crippen LogP contribution is 2.40. The van der Waals surface area contributed by atoms with Crippen molar-refractivity contribution in [1.29, 1.82) is 0 Å². The minimum Gasteiger partial charge on any atom is -0.253 e. The zero-order valence-electron chi connectivity index (χ0n) is 17.7. The monoisotopic (exact) mass is 390 g/mol. The molecule has 2 heteroatoms. The number of rotatable bonds is 0. The smallest absolute Gasteiger partial charge is 0.0886 e. The molecule has 0 unspecified atom stereocenters. The Kier molecular flexibility index (Phi) is 4.92. The van der Waals surface area contributed by atoms with E-state index in [1.165, 1.54) is 58.7 Å². The zero-order chi connectivity index (χ0) is 20.5. The fraction of sp³-hybridized carbons (Fsp3) is 0.214. The first-order chi connectivity index (χ1) is 14.7. The van der Waals surface area contributed by atoms with Gasteiger partial charge < -0.3 is 0 Å². The van der Waals surface area contributed by atoms with Crippen molar-refractivity contribution in [3.8, 4) is 0 Å². The van der Waals surface area contributed by atoms with Gasteiger partial charge in [-0.2, -0.15) is 0 Å². The van der Waals surface area contributed by atoms with Crippen molar-refractivity contribution >= 4 is 27.4 Å². The van der Waals surface area contributed by atoms with Gasteiger partial charge in [-0.1, -0.05) is 54.1 Å². The number of hydrogen-bond donors (Lipinski definition) is 0. The summed E-state index contributed by atoms with van der Waals surface area (Å²) in [5.74, 6) is 0. The first kappa shape index (κ1) is 18.7. The Morgan fingerprint density at radius 1 is 0.767 bits per heavy atom.